The molecule has 0 saturated carbocycles. The van der Waals surface area contributed by atoms with Crippen LogP contribution in [0.1, 0.15) is 39.7 Å². The van der Waals surface area contributed by atoms with E-state index in [0.717, 1.165) is 18.8 Å². The van der Waals surface area contributed by atoms with Crippen molar-refractivity contribution in [3.05, 3.63) is 21.0 Å². The molecule has 2 rings (SSSR count). The molecule has 21 heavy (non-hydrogen) atoms. The van der Waals surface area contributed by atoms with Crippen LogP contribution in [0.3, 0.4) is 0 Å². The van der Waals surface area contributed by atoms with Crippen molar-refractivity contribution >= 4 is 21.6 Å². The molecule has 1 N–H and O–H groups in total. The van der Waals surface area contributed by atoms with E-state index in [1.54, 1.807) is 6.20 Å². The SMILES string of the molecule is CC(CNc1cnn(C(C)C)c(=O)c1Br)CN1CCCC1. The molecular formula is C15H25BrN4O. The van der Waals surface area contributed by atoms with E-state index < -0.39 is 0 Å². The number of anilines is 1. The molecule has 1 atom stereocenters. The van der Waals surface area contributed by atoms with E-state index in [-0.39, 0.29) is 11.6 Å². The summed E-state index contributed by atoms with van der Waals surface area (Å²) in [6.07, 6.45) is 4.38. The summed E-state index contributed by atoms with van der Waals surface area (Å²) < 4.78 is 2.06. The second-order valence-corrected chi connectivity index (χ2v) is 7.00. The molecule has 5 nitrogen and oxygen atoms in total. The van der Waals surface area contributed by atoms with Gasteiger partial charge in [-0.2, -0.15) is 5.10 Å². The molecule has 0 amide bonds. The molecule has 1 aliphatic rings. The van der Waals surface area contributed by atoms with Crippen molar-refractivity contribution in [2.75, 3.05) is 31.5 Å². The molecule has 1 aromatic rings. The van der Waals surface area contributed by atoms with Gasteiger partial charge in [0.2, 0.25) is 0 Å². The first-order chi connectivity index (χ1) is 9.99. The van der Waals surface area contributed by atoms with Gasteiger partial charge in [-0.15, -0.1) is 0 Å². The zero-order valence-electron chi connectivity index (χ0n) is 13.1. The van der Waals surface area contributed by atoms with E-state index in [1.807, 2.05) is 13.8 Å². The molecule has 118 valence electrons. The van der Waals surface area contributed by atoms with Crippen LogP contribution < -0.4 is 10.9 Å². The Bertz CT molecular complexity index is 523. The van der Waals surface area contributed by atoms with E-state index in [2.05, 4.69) is 38.2 Å². The molecule has 0 spiro atoms. The van der Waals surface area contributed by atoms with Crippen molar-refractivity contribution in [1.82, 2.24) is 14.7 Å². The number of likely N-dealkylation sites (tertiary alicyclic amines) is 1. The van der Waals surface area contributed by atoms with Gasteiger partial charge in [-0.25, -0.2) is 4.68 Å². The predicted molar refractivity (Wildman–Crippen MR) is 89.9 cm³/mol. The zero-order chi connectivity index (χ0) is 15.4. The summed E-state index contributed by atoms with van der Waals surface area (Å²) in [6.45, 7) is 10.5. The fourth-order valence-corrected chi connectivity index (χ4v) is 3.11. The van der Waals surface area contributed by atoms with Gasteiger partial charge in [0.15, 0.2) is 0 Å². The molecule has 0 aromatic carbocycles. The number of rotatable bonds is 6. The summed E-state index contributed by atoms with van der Waals surface area (Å²) in [5.74, 6) is 0.544. The van der Waals surface area contributed by atoms with Crippen LogP contribution in [-0.2, 0) is 0 Å². The molecule has 1 aliphatic heterocycles. The lowest BCUT2D eigenvalue weighted by molar-refractivity contribution is 0.294. The minimum absolute atomic E-state index is 0.0666. The average Bonchev–Trinajstić information content (AvgIpc) is 2.93. The number of hydrogen-bond donors (Lipinski definition) is 1. The smallest absolute Gasteiger partial charge is 0.283 e. The Morgan fingerprint density at radius 3 is 2.62 bits per heavy atom. The van der Waals surface area contributed by atoms with Crippen molar-refractivity contribution in [3.63, 3.8) is 0 Å². The van der Waals surface area contributed by atoms with Crippen molar-refractivity contribution in [1.29, 1.82) is 0 Å². The Hall–Kier alpha value is -0.880. The van der Waals surface area contributed by atoms with E-state index in [1.165, 1.54) is 30.6 Å². The number of aromatic nitrogens is 2. The van der Waals surface area contributed by atoms with Gasteiger partial charge in [-0.3, -0.25) is 4.79 Å². The van der Waals surface area contributed by atoms with E-state index in [0.29, 0.717) is 10.4 Å². The van der Waals surface area contributed by atoms with E-state index in [9.17, 15) is 4.79 Å². The summed E-state index contributed by atoms with van der Waals surface area (Å²) in [5.41, 5.74) is 0.701. The van der Waals surface area contributed by atoms with Crippen molar-refractivity contribution < 1.29 is 0 Å². The standard InChI is InChI=1S/C15H25BrN4O/c1-11(2)20-15(21)14(16)13(9-18-20)17-8-12(3)10-19-6-4-5-7-19/h9,11-12,17H,4-8,10H2,1-3H3. The Balaban J connectivity index is 1.93. The van der Waals surface area contributed by atoms with Crippen molar-refractivity contribution in [2.45, 2.75) is 39.7 Å². The molecule has 0 aliphatic carbocycles. The lowest BCUT2D eigenvalue weighted by Crippen LogP contribution is -2.30. The maximum atomic E-state index is 12.2. The van der Waals surface area contributed by atoms with Crippen LogP contribution in [-0.4, -0.2) is 40.9 Å². The molecule has 2 heterocycles. The predicted octanol–water partition coefficient (Wildman–Crippen LogP) is 2.73. The molecular weight excluding hydrogens is 332 g/mol. The van der Waals surface area contributed by atoms with Gasteiger partial charge in [0, 0.05) is 13.1 Å². The average molecular weight is 357 g/mol. The quantitative estimate of drug-likeness (QED) is 0.851. The fraction of sp³-hybridized carbons (Fsp3) is 0.733. The molecule has 0 bridgehead atoms. The van der Waals surface area contributed by atoms with Crippen LogP contribution in [0.5, 0.6) is 0 Å². The number of halogens is 1. The summed E-state index contributed by atoms with van der Waals surface area (Å²) in [6, 6.07) is 0.0666. The third kappa shape index (κ3) is 4.30. The fourth-order valence-electron chi connectivity index (χ4n) is 2.69. The van der Waals surface area contributed by atoms with Gasteiger partial charge >= 0.3 is 0 Å². The lowest BCUT2D eigenvalue weighted by atomic mass is 10.1. The Kier molecular flexibility index (Phi) is 5.81. The van der Waals surface area contributed by atoms with Gasteiger partial charge in [-0.1, -0.05) is 6.92 Å². The Morgan fingerprint density at radius 2 is 2.00 bits per heavy atom. The zero-order valence-corrected chi connectivity index (χ0v) is 14.7. The monoisotopic (exact) mass is 356 g/mol. The van der Waals surface area contributed by atoms with Gasteiger partial charge in [0.1, 0.15) is 4.47 Å². The number of hydrogen-bond acceptors (Lipinski definition) is 4. The van der Waals surface area contributed by atoms with Gasteiger partial charge < -0.3 is 10.2 Å². The number of nitrogens with zero attached hydrogens (tertiary/aromatic N) is 3. The van der Waals surface area contributed by atoms with Crippen LogP contribution in [0.2, 0.25) is 0 Å². The lowest BCUT2D eigenvalue weighted by Gasteiger charge is -2.21. The maximum absolute atomic E-state index is 12.2. The first kappa shape index (κ1) is 16.5. The molecule has 1 saturated heterocycles. The highest BCUT2D eigenvalue weighted by Crippen LogP contribution is 2.18. The van der Waals surface area contributed by atoms with E-state index >= 15 is 0 Å². The third-order valence-electron chi connectivity index (χ3n) is 3.84. The minimum atomic E-state index is -0.0813. The number of nitrogens with one attached hydrogen (secondary N) is 1. The largest absolute Gasteiger partial charge is 0.382 e. The van der Waals surface area contributed by atoms with Crippen LogP contribution in [0.25, 0.3) is 0 Å². The van der Waals surface area contributed by atoms with Gasteiger partial charge in [-0.05, 0) is 61.6 Å². The summed E-state index contributed by atoms with van der Waals surface area (Å²) in [4.78, 5) is 14.7. The highest BCUT2D eigenvalue weighted by atomic mass is 79.9. The summed E-state index contributed by atoms with van der Waals surface area (Å²) in [5, 5.41) is 7.57. The first-order valence-corrected chi connectivity index (χ1v) is 8.52. The highest BCUT2D eigenvalue weighted by molar-refractivity contribution is 9.10. The van der Waals surface area contributed by atoms with Crippen molar-refractivity contribution in [3.8, 4) is 0 Å². The summed E-state index contributed by atoms with van der Waals surface area (Å²) in [7, 11) is 0. The second-order valence-electron chi connectivity index (χ2n) is 6.21. The Morgan fingerprint density at radius 1 is 1.33 bits per heavy atom. The summed E-state index contributed by atoms with van der Waals surface area (Å²) >= 11 is 3.39. The molecule has 1 fully saturated rings. The topological polar surface area (TPSA) is 50.2 Å². The van der Waals surface area contributed by atoms with E-state index in [4.69, 9.17) is 0 Å². The molecule has 1 unspecified atom stereocenters. The molecule has 0 radical (unpaired) electrons. The van der Waals surface area contributed by atoms with Crippen LogP contribution in [0, 0.1) is 5.92 Å². The molecule has 1 aromatic heterocycles. The normalized spacial score (nSPS) is 17.4. The maximum Gasteiger partial charge on any atom is 0.283 e. The van der Waals surface area contributed by atoms with Gasteiger partial charge in [0.25, 0.3) is 5.56 Å². The van der Waals surface area contributed by atoms with Gasteiger partial charge in [0.05, 0.1) is 17.9 Å². The minimum Gasteiger partial charge on any atom is -0.382 e. The molecule has 6 heteroatoms. The van der Waals surface area contributed by atoms with Crippen molar-refractivity contribution in [2.24, 2.45) is 5.92 Å². The Labute approximate surface area is 134 Å². The van der Waals surface area contributed by atoms with Crippen LogP contribution in [0.4, 0.5) is 5.69 Å². The van der Waals surface area contributed by atoms with Crippen LogP contribution in [0.15, 0.2) is 15.5 Å². The second kappa shape index (κ2) is 7.40. The van der Waals surface area contributed by atoms with Crippen LogP contribution >= 0.6 is 15.9 Å². The highest BCUT2D eigenvalue weighted by Gasteiger charge is 2.15. The third-order valence-corrected chi connectivity index (χ3v) is 4.61. The first-order valence-electron chi connectivity index (χ1n) is 7.72.